The standard InChI is InChI=1S/C58H78N10O20S2.C2H6/c1-30-28-68-48(49(30)75)54(80)60-27-36(70)25-39(61-50(76)33-10-12-34(13-11-33)55-65-66-56(89-55)35-14-16-38(17-15-35)85-22-8-6-4-5-7-21-84-3)51(77)62-45(31(2)69)57(81)67-29-37(71)26-40(67)52(78)63-46(53(79)64-47(58(68)82)42(73)19-20-59)43(74)23-32-9-18-41(72)44(24-32)86-90-88-87-83;1-2/h9-18,24,30-31,36-37,39-40,42-43,45-49,69-75,83H,4-8,19-23,25-29,59H2,1-3H3,(H,60,80)(H,61,76)(H,62,77)(H,63,78)(H,64,79);1-2H3/t30-,31+,36+,37+,39+,40+,42-,43-,45+,46+,47+,48+,49+;/m1./s1. The predicted molar refractivity (Wildman–Crippen MR) is 332 cm³/mol. The summed E-state index contributed by atoms with van der Waals surface area (Å²) in [6, 6.07) is 6.02. The molecule has 4 aromatic rings. The smallest absolute Gasteiger partial charge is 0.261 e. The van der Waals surface area contributed by atoms with Gasteiger partial charge in [-0.2, -0.15) is 0 Å². The van der Waals surface area contributed by atoms with E-state index in [4.69, 9.17) is 24.6 Å². The molecule has 3 aromatic carbocycles. The van der Waals surface area contributed by atoms with Gasteiger partial charge in [-0.3, -0.25) is 33.6 Å². The van der Waals surface area contributed by atoms with Gasteiger partial charge in [0, 0.05) is 75.2 Å². The van der Waals surface area contributed by atoms with Gasteiger partial charge in [-0.05, 0) is 86.8 Å². The van der Waals surface area contributed by atoms with E-state index in [1.807, 2.05) is 38.1 Å². The van der Waals surface area contributed by atoms with Crippen molar-refractivity contribution in [1.29, 1.82) is 0 Å². The Morgan fingerprint density at radius 2 is 1.38 bits per heavy atom. The maximum Gasteiger partial charge on any atom is 0.261 e. The largest absolute Gasteiger partial charge is 0.504 e. The van der Waals surface area contributed by atoms with Crippen LogP contribution in [0.1, 0.15) is 95.0 Å². The fourth-order valence-electron chi connectivity index (χ4n) is 10.7. The monoisotopic (exact) mass is 1330 g/mol. The van der Waals surface area contributed by atoms with E-state index in [9.17, 15) is 69.3 Å². The molecule has 3 saturated heterocycles. The second-order valence-electron chi connectivity index (χ2n) is 22.3. The Morgan fingerprint density at radius 3 is 2.02 bits per heavy atom. The zero-order valence-electron chi connectivity index (χ0n) is 51.6. The Morgan fingerprint density at radius 1 is 0.761 bits per heavy atom. The highest BCUT2D eigenvalue weighted by Crippen LogP contribution is 2.33. The molecule has 0 saturated carbocycles. The van der Waals surface area contributed by atoms with Crippen molar-refractivity contribution < 1.29 is 97.6 Å². The lowest BCUT2D eigenvalue weighted by Gasteiger charge is -2.34. The van der Waals surface area contributed by atoms with Gasteiger partial charge in [0.15, 0.2) is 11.5 Å². The van der Waals surface area contributed by atoms with Crippen LogP contribution in [0.3, 0.4) is 0 Å². The minimum atomic E-state index is -2.11. The molecule has 0 unspecified atom stereocenters. The fraction of sp³-hybridized carbons (Fsp3) is 0.550. The molecule has 3 aliphatic heterocycles. The molecular weight excluding hydrogens is 1240 g/mol. The highest BCUT2D eigenvalue weighted by atomic mass is 32.2. The van der Waals surface area contributed by atoms with Gasteiger partial charge in [-0.1, -0.05) is 78.9 Å². The lowest BCUT2D eigenvalue weighted by molar-refractivity contribution is -0.433. The number of aromatic hydroxyl groups is 1. The van der Waals surface area contributed by atoms with Gasteiger partial charge >= 0.3 is 0 Å². The molecule has 0 spiro atoms. The van der Waals surface area contributed by atoms with Gasteiger partial charge in [0.25, 0.3) is 18.2 Å². The number of carbonyl (C=O) groups is 7. The highest BCUT2D eigenvalue weighted by molar-refractivity contribution is 7.90. The lowest BCUT2D eigenvalue weighted by Crippen LogP contribution is -2.64. The van der Waals surface area contributed by atoms with Crippen LogP contribution in [-0.2, 0) is 49.3 Å². The van der Waals surface area contributed by atoms with E-state index < -0.39 is 158 Å². The first-order chi connectivity index (χ1) is 44.1. The summed E-state index contributed by atoms with van der Waals surface area (Å²) in [6.45, 7) is 6.20. The minimum absolute atomic E-state index is 0.0207. The van der Waals surface area contributed by atoms with Gasteiger partial charge in [-0.25, -0.2) is 5.26 Å². The summed E-state index contributed by atoms with van der Waals surface area (Å²) < 4.78 is 20.4. The highest BCUT2D eigenvalue weighted by Gasteiger charge is 2.50. The zero-order chi connectivity index (χ0) is 67.2. The van der Waals surface area contributed by atoms with Crippen molar-refractivity contribution in [2.24, 2.45) is 11.7 Å². The molecule has 92 heavy (non-hydrogen) atoms. The Hall–Kier alpha value is -7.18. The van der Waals surface area contributed by atoms with Crippen molar-refractivity contribution in [2.75, 3.05) is 46.5 Å². The molecular formula is C60H84N10O20S2. The summed E-state index contributed by atoms with van der Waals surface area (Å²) in [5.41, 5.74) is 7.33. The Balaban J connectivity index is 0.00000665. The van der Waals surface area contributed by atoms with Crippen molar-refractivity contribution in [2.45, 2.75) is 158 Å². The number of hydrogen-bond acceptors (Lipinski definition) is 25. The predicted octanol–water partition coefficient (Wildman–Crippen LogP) is 0.240. The molecule has 13 atom stereocenters. The summed E-state index contributed by atoms with van der Waals surface area (Å²) >= 11 is 1.38. The van der Waals surface area contributed by atoms with Crippen LogP contribution in [0.15, 0.2) is 66.7 Å². The molecule has 7 amide bonds. The van der Waals surface area contributed by atoms with Crippen molar-refractivity contribution in [3.63, 3.8) is 0 Å². The van der Waals surface area contributed by atoms with Crippen LogP contribution in [0, 0.1) is 5.92 Å². The SMILES string of the molecule is CC.COCCCCCCCOc1ccc(-c2nnc(-c3ccc(C(=O)N[C@H]4C[C@H](O)CNC(=O)[C@@H]5[C@@H](O)[C@H](C)CN5C(=O)[C@H]([C@H](O)CCN)NC(=O)[C@H]([C@H](O)Cc5ccc(O)c(OSOOO)c5)NC(=O)[C@@H]5C[C@H](O)CN5C(=O)[C@H]([C@H](C)O)NC4=O)cc3)s2)cc1. The summed E-state index contributed by atoms with van der Waals surface area (Å²) in [4.78, 5) is 103. The number of methoxy groups -OCH3 is 1. The van der Waals surface area contributed by atoms with Gasteiger partial charge < -0.3 is 91.5 Å². The van der Waals surface area contributed by atoms with Gasteiger partial charge in [-0.15, -0.1) is 10.2 Å². The van der Waals surface area contributed by atoms with Crippen molar-refractivity contribution in [3.05, 3.63) is 77.9 Å². The molecule has 0 aliphatic carbocycles. The first-order valence-electron chi connectivity index (χ1n) is 30.3. The summed E-state index contributed by atoms with van der Waals surface area (Å²) in [6.07, 6.45) is -7.00. The van der Waals surface area contributed by atoms with E-state index in [2.05, 4.69) is 46.2 Å². The molecule has 3 fully saturated rings. The number of fused-ring (bicyclic) bond motifs is 2. The quantitative estimate of drug-likeness (QED) is 0.0193. The molecule has 1 aromatic heterocycles. The summed E-state index contributed by atoms with van der Waals surface area (Å²) in [5.74, 6) is -8.61. The number of β-amino-alcohol motifs (C(OH)–C–C–N with tert-alkyl or cyclic N) is 1. The van der Waals surface area contributed by atoms with Crippen LogP contribution in [0.5, 0.6) is 17.2 Å². The van der Waals surface area contributed by atoms with Crippen LogP contribution in [0.4, 0.5) is 0 Å². The average Bonchev–Trinajstić information content (AvgIpc) is 1.62. The number of phenolic OH excluding ortho intramolecular Hbond substituents is 1. The van der Waals surface area contributed by atoms with Crippen LogP contribution in [0.25, 0.3) is 21.1 Å². The molecule has 4 heterocycles. The number of nitrogens with one attached hydrogen (secondary N) is 5. The number of amides is 7. The number of carbonyl (C=O) groups excluding carboxylic acids is 7. The number of unbranched alkanes of at least 4 members (excludes halogenated alkanes) is 4. The number of hydrogen-bond donors (Lipinski definition) is 14. The first-order valence-corrected chi connectivity index (χ1v) is 31.8. The van der Waals surface area contributed by atoms with Gasteiger partial charge in [0.05, 0.1) is 43.2 Å². The molecule has 506 valence electrons. The third kappa shape index (κ3) is 20.2. The van der Waals surface area contributed by atoms with E-state index in [-0.39, 0.29) is 48.7 Å². The topological polar surface area (TPSA) is 446 Å². The van der Waals surface area contributed by atoms with Crippen molar-refractivity contribution in [1.82, 2.24) is 46.6 Å². The second kappa shape index (κ2) is 36.3. The van der Waals surface area contributed by atoms with Gasteiger partial charge in [0.1, 0.15) is 52.0 Å². The van der Waals surface area contributed by atoms with Crippen molar-refractivity contribution in [3.8, 4) is 38.4 Å². The van der Waals surface area contributed by atoms with Crippen LogP contribution < -0.4 is 41.2 Å². The minimum Gasteiger partial charge on any atom is -0.504 e. The number of aromatic nitrogens is 2. The normalized spacial score (nSPS) is 24.5. The van der Waals surface area contributed by atoms with E-state index in [0.29, 0.717) is 22.2 Å². The van der Waals surface area contributed by atoms with E-state index in [0.717, 1.165) is 72.8 Å². The number of rotatable bonds is 24. The molecule has 32 heteroatoms. The fourth-order valence-corrected chi connectivity index (χ4v) is 11.8. The lowest BCUT2D eigenvalue weighted by atomic mass is 9.98. The number of ether oxygens (including phenoxy) is 2. The van der Waals surface area contributed by atoms with Crippen LogP contribution in [-0.4, -0.2) is 222 Å². The number of nitrogens with two attached hydrogens (primary N) is 1. The van der Waals surface area contributed by atoms with Crippen LogP contribution in [0.2, 0.25) is 0 Å². The third-order valence-electron chi connectivity index (χ3n) is 15.5. The molecule has 0 bridgehead atoms. The number of aliphatic hydroxyl groups excluding tert-OH is 6. The maximum absolute atomic E-state index is 14.7. The summed E-state index contributed by atoms with van der Waals surface area (Å²) in [5, 5.41) is 113. The summed E-state index contributed by atoms with van der Waals surface area (Å²) in [7, 11) is 1.70. The number of nitrogens with zero attached hydrogens (tertiary/aromatic N) is 4. The first kappa shape index (κ1) is 73.9. The Labute approximate surface area is 539 Å². The zero-order valence-corrected chi connectivity index (χ0v) is 53.3. The maximum atomic E-state index is 14.7. The van der Waals surface area contributed by atoms with Crippen molar-refractivity contribution >= 4 is 65.0 Å². The molecule has 3 aliphatic rings. The second-order valence-corrected chi connectivity index (χ2v) is 23.7. The molecule has 0 radical (unpaired) electrons. The molecule has 30 nitrogen and oxygen atoms in total. The van der Waals surface area contributed by atoms with Crippen LogP contribution >= 0.6 is 23.7 Å². The van der Waals surface area contributed by atoms with E-state index >= 15 is 0 Å². The van der Waals surface area contributed by atoms with E-state index in [1.165, 1.54) is 42.5 Å². The Bertz CT molecular complexity index is 3060. The molecule has 15 N–H and O–H groups in total. The van der Waals surface area contributed by atoms with E-state index in [1.54, 1.807) is 19.2 Å². The average molecular weight is 1330 g/mol. The number of phenols is 1. The Kier molecular flexibility index (Phi) is 29.2. The number of aliphatic hydroxyl groups is 6. The number of benzene rings is 3. The third-order valence-corrected chi connectivity index (χ3v) is 16.9. The van der Waals surface area contributed by atoms with Gasteiger partial charge in [0.2, 0.25) is 35.4 Å². The molecule has 7 rings (SSSR count).